The predicted molar refractivity (Wildman–Crippen MR) is 89.3 cm³/mol. The molecule has 2 atom stereocenters. The van der Waals surface area contributed by atoms with Gasteiger partial charge < -0.3 is 10.2 Å². The Hall–Kier alpha value is -1.96. The van der Waals surface area contributed by atoms with E-state index >= 15 is 0 Å². The summed E-state index contributed by atoms with van der Waals surface area (Å²) in [4.78, 5) is 0. The topological polar surface area (TPSA) is 40.5 Å². The van der Waals surface area contributed by atoms with E-state index in [1.807, 2.05) is 24.3 Å². The van der Waals surface area contributed by atoms with Crippen LogP contribution < -0.4 is 0 Å². The number of benzene rings is 2. The normalized spacial score (nSPS) is 27.0. The number of aromatic hydroxyl groups is 2. The Bertz CT molecular complexity index is 655. The molecule has 3 rings (SSSR count). The fraction of sp³-hybridized carbons (Fsp3) is 0.400. The first-order valence-corrected chi connectivity index (χ1v) is 7.89. The van der Waals surface area contributed by atoms with Crippen LogP contribution in [0, 0.1) is 5.41 Å². The van der Waals surface area contributed by atoms with Crippen molar-refractivity contribution in [3.05, 3.63) is 59.7 Å². The molecule has 116 valence electrons. The van der Waals surface area contributed by atoms with Crippen LogP contribution in [0.25, 0.3) is 0 Å². The van der Waals surface area contributed by atoms with E-state index in [0.717, 1.165) is 12.8 Å². The molecule has 22 heavy (non-hydrogen) atoms. The lowest BCUT2D eigenvalue weighted by Gasteiger charge is -2.33. The van der Waals surface area contributed by atoms with E-state index in [2.05, 4.69) is 20.8 Å². The average molecular weight is 296 g/mol. The second kappa shape index (κ2) is 5.05. The molecule has 0 aromatic heterocycles. The van der Waals surface area contributed by atoms with Gasteiger partial charge in [-0.3, -0.25) is 0 Å². The van der Waals surface area contributed by atoms with Crippen molar-refractivity contribution in [3.8, 4) is 11.5 Å². The van der Waals surface area contributed by atoms with E-state index in [-0.39, 0.29) is 10.8 Å². The molecule has 1 saturated carbocycles. The van der Waals surface area contributed by atoms with E-state index in [9.17, 15) is 10.2 Å². The molecule has 0 heterocycles. The smallest absolute Gasteiger partial charge is 0.115 e. The molecule has 0 bridgehead atoms. The quantitative estimate of drug-likeness (QED) is 0.822. The molecule has 2 aromatic rings. The molecule has 1 aliphatic rings. The van der Waals surface area contributed by atoms with Crippen LogP contribution in [-0.2, 0) is 5.41 Å². The Kier molecular flexibility index (Phi) is 3.43. The second-order valence-electron chi connectivity index (χ2n) is 7.65. The third kappa shape index (κ3) is 2.58. The fourth-order valence-corrected chi connectivity index (χ4v) is 4.31. The molecule has 1 aliphatic carbocycles. The maximum Gasteiger partial charge on any atom is 0.115 e. The Morgan fingerprint density at radius 3 is 1.86 bits per heavy atom. The van der Waals surface area contributed by atoms with Crippen LogP contribution in [0.3, 0.4) is 0 Å². The van der Waals surface area contributed by atoms with Crippen LogP contribution in [-0.4, -0.2) is 10.2 Å². The van der Waals surface area contributed by atoms with Crippen LogP contribution in [0.4, 0.5) is 0 Å². The van der Waals surface area contributed by atoms with Gasteiger partial charge in [0.1, 0.15) is 11.5 Å². The van der Waals surface area contributed by atoms with E-state index in [0.29, 0.717) is 17.4 Å². The first kappa shape index (κ1) is 15.0. The SMILES string of the molecule is CC1(C)CC(c2ccc(O)cc2)C(C)(c2ccc(O)cc2)C1. The molecule has 2 aromatic carbocycles. The van der Waals surface area contributed by atoms with Gasteiger partial charge in [0.25, 0.3) is 0 Å². The van der Waals surface area contributed by atoms with Crippen molar-refractivity contribution >= 4 is 0 Å². The lowest BCUT2D eigenvalue weighted by Crippen LogP contribution is -2.25. The maximum atomic E-state index is 9.57. The summed E-state index contributed by atoms with van der Waals surface area (Å²) in [6.07, 6.45) is 2.23. The van der Waals surface area contributed by atoms with Crippen LogP contribution in [0.1, 0.15) is 50.7 Å². The number of phenols is 2. The molecule has 0 saturated heterocycles. The Labute approximate surface area is 132 Å². The van der Waals surface area contributed by atoms with Gasteiger partial charge in [-0.1, -0.05) is 45.0 Å². The summed E-state index contributed by atoms with van der Waals surface area (Å²) < 4.78 is 0. The van der Waals surface area contributed by atoms with Crippen molar-refractivity contribution in [2.24, 2.45) is 5.41 Å². The molecule has 0 aliphatic heterocycles. The van der Waals surface area contributed by atoms with Gasteiger partial charge >= 0.3 is 0 Å². The minimum atomic E-state index is 0.0359. The summed E-state index contributed by atoms with van der Waals surface area (Å²) in [6, 6.07) is 15.3. The molecule has 2 N–H and O–H groups in total. The summed E-state index contributed by atoms with van der Waals surface area (Å²) in [5.74, 6) is 1.03. The van der Waals surface area contributed by atoms with Gasteiger partial charge in [0, 0.05) is 0 Å². The highest BCUT2D eigenvalue weighted by molar-refractivity contribution is 5.39. The molecule has 0 radical (unpaired) electrons. The predicted octanol–water partition coefficient (Wildman–Crippen LogP) is 4.96. The lowest BCUT2D eigenvalue weighted by molar-refractivity contribution is 0.346. The van der Waals surface area contributed by atoms with Crippen molar-refractivity contribution in [3.63, 3.8) is 0 Å². The van der Waals surface area contributed by atoms with Gasteiger partial charge in [0.05, 0.1) is 0 Å². The van der Waals surface area contributed by atoms with Crippen LogP contribution >= 0.6 is 0 Å². The average Bonchev–Trinajstić information content (AvgIpc) is 2.71. The molecular weight excluding hydrogens is 272 g/mol. The van der Waals surface area contributed by atoms with E-state index in [1.165, 1.54) is 11.1 Å². The molecule has 1 fully saturated rings. The van der Waals surface area contributed by atoms with Crippen LogP contribution in [0.2, 0.25) is 0 Å². The number of phenolic OH excluding ortho intramolecular Hbond substituents is 2. The van der Waals surface area contributed by atoms with Crippen molar-refractivity contribution < 1.29 is 10.2 Å². The van der Waals surface area contributed by atoms with Crippen molar-refractivity contribution in [1.29, 1.82) is 0 Å². The molecule has 2 heteroatoms. The summed E-state index contributed by atoms with van der Waals surface area (Å²) in [5.41, 5.74) is 2.86. The van der Waals surface area contributed by atoms with Crippen LogP contribution in [0.15, 0.2) is 48.5 Å². The van der Waals surface area contributed by atoms with Gasteiger partial charge in [-0.25, -0.2) is 0 Å². The van der Waals surface area contributed by atoms with E-state index in [1.54, 1.807) is 24.3 Å². The highest BCUT2D eigenvalue weighted by atomic mass is 16.3. The highest BCUT2D eigenvalue weighted by Crippen LogP contribution is 2.58. The third-order valence-electron chi connectivity index (χ3n) is 5.19. The first-order valence-electron chi connectivity index (χ1n) is 7.89. The zero-order valence-electron chi connectivity index (χ0n) is 13.5. The first-order chi connectivity index (χ1) is 10.3. The van der Waals surface area contributed by atoms with E-state index < -0.39 is 0 Å². The van der Waals surface area contributed by atoms with Gasteiger partial charge in [0.2, 0.25) is 0 Å². The Balaban J connectivity index is 2.06. The zero-order chi connectivity index (χ0) is 16.0. The molecule has 0 spiro atoms. The monoisotopic (exact) mass is 296 g/mol. The van der Waals surface area contributed by atoms with Crippen molar-refractivity contribution in [2.75, 3.05) is 0 Å². The van der Waals surface area contributed by atoms with Crippen molar-refractivity contribution in [1.82, 2.24) is 0 Å². The number of hydrogen-bond acceptors (Lipinski definition) is 2. The maximum absolute atomic E-state index is 9.57. The minimum Gasteiger partial charge on any atom is -0.508 e. The molecular formula is C20H24O2. The Morgan fingerprint density at radius 2 is 1.32 bits per heavy atom. The van der Waals surface area contributed by atoms with Gasteiger partial charge in [-0.05, 0) is 65.0 Å². The second-order valence-corrected chi connectivity index (χ2v) is 7.65. The van der Waals surface area contributed by atoms with Crippen molar-refractivity contribution in [2.45, 2.75) is 44.9 Å². The third-order valence-corrected chi connectivity index (χ3v) is 5.19. The van der Waals surface area contributed by atoms with Gasteiger partial charge in [0.15, 0.2) is 0 Å². The molecule has 2 nitrogen and oxygen atoms in total. The lowest BCUT2D eigenvalue weighted by atomic mass is 9.71. The van der Waals surface area contributed by atoms with E-state index in [4.69, 9.17) is 0 Å². The largest absolute Gasteiger partial charge is 0.508 e. The standard InChI is InChI=1S/C20H24O2/c1-19(2)12-18(14-4-8-16(21)9-5-14)20(3,13-19)15-6-10-17(22)11-7-15/h4-11,18,21-22H,12-13H2,1-3H3. The molecule has 2 unspecified atom stereocenters. The Morgan fingerprint density at radius 1 is 0.818 bits per heavy atom. The number of rotatable bonds is 2. The van der Waals surface area contributed by atoms with Crippen LogP contribution in [0.5, 0.6) is 11.5 Å². The fourth-order valence-electron chi connectivity index (χ4n) is 4.31. The molecule has 0 amide bonds. The minimum absolute atomic E-state index is 0.0359. The summed E-state index contributed by atoms with van der Waals surface area (Å²) >= 11 is 0. The number of hydrogen-bond donors (Lipinski definition) is 2. The summed E-state index contributed by atoms with van der Waals surface area (Å²) in [6.45, 7) is 6.98. The summed E-state index contributed by atoms with van der Waals surface area (Å²) in [7, 11) is 0. The highest BCUT2D eigenvalue weighted by Gasteiger charge is 2.48. The van der Waals surface area contributed by atoms with Gasteiger partial charge in [-0.15, -0.1) is 0 Å². The zero-order valence-corrected chi connectivity index (χ0v) is 13.5. The van der Waals surface area contributed by atoms with Gasteiger partial charge in [-0.2, -0.15) is 0 Å². The summed E-state index contributed by atoms with van der Waals surface area (Å²) in [5, 5.41) is 19.1.